The Kier molecular flexibility index (Phi) is 4.69. The van der Waals surface area contributed by atoms with Gasteiger partial charge in [-0.2, -0.15) is 0 Å². The topological polar surface area (TPSA) is 26.3 Å². The Balaban J connectivity index is 1.85. The van der Waals surface area contributed by atoms with E-state index in [1.165, 1.54) is 23.1 Å². The third kappa shape index (κ3) is 3.58. The van der Waals surface area contributed by atoms with Crippen molar-refractivity contribution in [3.8, 4) is 10.4 Å². The highest BCUT2D eigenvalue weighted by molar-refractivity contribution is 7.13. The molecule has 1 heterocycles. The molecule has 0 unspecified atom stereocenters. The average Bonchev–Trinajstić information content (AvgIpc) is 3.14. The summed E-state index contributed by atoms with van der Waals surface area (Å²) in [5.41, 5.74) is 4.00. The number of esters is 1. The minimum absolute atomic E-state index is 0.316. The molecule has 2 nitrogen and oxygen atoms in total. The van der Waals surface area contributed by atoms with Gasteiger partial charge in [-0.05, 0) is 40.3 Å². The van der Waals surface area contributed by atoms with E-state index in [4.69, 9.17) is 4.74 Å². The van der Waals surface area contributed by atoms with Crippen LogP contribution in [0.15, 0.2) is 66.0 Å². The first-order valence-electron chi connectivity index (χ1n) is 7.27. The lowest BCUT2D eigenvalue weighted by Gasteiger charge is -2.03. The number of carbonyl (C=O) groups excluding carboxylic acids is 1. The van der Waals surface area contributed by atoms with Gasteiger partial charge in [0.1, 0.15) is 0 Å². The molecule has 0 saturated heterocycles. The largest absolute Gasteiger partial charge is 0.465 e. The minimum Gasteiger partial charge on any atom is -0.465 e. The molecule has 1 aromatic heterocycles. The highest BCUT2D eigenvalue weighted by atomic mass is 32.1. The Bertz CT molecular complexity index is 815. The Labute approximate surface area is 139 Å². The van der Waals surface area contributed by atoms with Gasteiger partial charge in [-0.1, -0.05) is 54.6 Å². The normalized spacial score (nSPS) is 10.8. The molecule has 2 aromatic carbocycles. The second kappa shape index (κ2) is 7.07. The van der Waals surface area contributed by atoms with Crippen LogP contribution in [0.1, 0.15) is 21.5 Å². The summed E-state index contributed by atoms with van der Waals surface area (Å²) in [7, 11) is 1.39. The molecule has 114 valence electrons. The molecule has 0 aliphatic carbocycles. The van der Waals surface area contributed by atoms with Crippen molar-refractivity contribution in [2.24, 2.45) is 0 Å². The number of thiophene rings is 1. The molecular formula is C20H16O2S. The monoisotopic (exact) mass is 320 g/mol. The van der Waals surface area contributed by atoms with Crippen molar-refractivity contribution in [3.05, 3.63) is 82.7 Å². The Hall–Kier alpha value is -2.65. The summed E-state index contributed by atoms with van der Waals surface area (Å²) in [6, 6.07) is 19.9. The number of ether oxygens (including phenoxy) is 1. The molecule has 23 heavy (non-hydrogen) atoms. The molecule has 0 spiro atoms. The van der Waals surface area contributed by atoms with Crippen LogP contribution in [0.3, 0.4) is 0 Å². The smallest absolute Gasteiger partial charge is 0.337 e. The van der Waals surface area contributed by atoms with E-state index in [-0.39, 0.29) is 5.97 Å². The molecule has 0 bridgehead atoms. The number of methoxy groups -OCH3 is 1. The van der Waals surface area contributed by atoms with Gasteiger partial charge in [-0.3, -0.25) is 0 Å². The van der Waals surface area contributed by atoms with Crippen molar-refractivity contribution in [2.45, 2.75) is 0 Å². The maximum Gasteiger partial charge on any atom is 0.337 e. The summed E-state index contributed by atoms with van der Waals surface area (Å²) in [4.78, 5) is 12.7. The zero-order valence-corrected chi connectivity index (χ0v) is 13.5. The van der Waals surface area contributed by atoms with Crippen LogP contribution in [0.5, 0.6) is 0 Å². The van der Waals surface area contributed by atoms with Gasteiger partial charge >= 0.3 is 5.97 Å². The number of benzene rings is 2. The molecule has 0 N–H and O–H groups in total. The van der Waals surface area contributed by atoms with Gasteiger partial charge in [0, 0.05) is 4.88 Å². The van der Waals surface area contributed by atoms with Crippen molar-refractivity contribution in [3.63, 3.8) is 0 Å². The highest BCUT2D eigenvalue weighted by Gasteiger charge is 2.04. The molecule has 3 aromatic rings. The molecule has 0 radical (unpaired) electrons. The summed E-state index contributed by atoms with van der Waals surface area (Å²) in [6.07, 6.45) is 4.15. The van der Waals surface area contributed by atoms with Gasteiger partial charge in [0.15, 0.2) is 0 Å². The van der Waals surface area contributed by atoms with Crippen molar-refractivity contribution >= 4 is 29.5 Å². The van der Waals surface area contributed by atoms with Crippen molar-refractivity contribution < 1.29 is 9.53 Å². The van der Waals surface area contributed by atoms with Crippen LogP contribution in [0, 0.1) is 0 Å². The summed E-state index contributed by atoms with van der Waals surface area (Å²) in [5.74, 6) is -0.316. The van der Waals surface area contributed by atoms with Crippen molar-refractivity contribution in [1.82, 2.24) is 0 Å². The van der Waals surface area contributed by atoms with Crippen LogP contribution in [0.25, 0.3) is 22.6 Å². The summed E-state index contributed by atoms with van der Waals surface area (Å²) < 4.78 is 4.71. The lowest BCUT2D eigenvalue weighted by molar-refractivity contribution is 0.0601. The number of hydrogen-bond donors (Lipinski definition) is 0. The second-order valence-corrected chi connectivity index (χ2v) is 5.96. The average molecular weight is 320 g/mol. The van der Waals surface area contributed by atoms with Crippen molar-refractivity contribution in [1.29, 1.82) is 0 Å². The van der Waals surface area contributed by atoms with Crippen molar-refractivity contribution in [2.75, 3.05) is 7.11 Å². The van der Waals surface area contributed by atoms with Gasteiger partial charge in [0.2, 0.25) is 0 Å². The van der Waals surface area contributed by atoms with E-state index < -0.39 is 0 Å². The number of carbonyl (C=O) groups is 1. The Morgan fingerprint density at radius 1 is 0.957 bits per heavy atom. The first-order valence-corrected chi connectivity index (χ1v) is 8.15. The number of hydrogen-bond acceptors (Lipinski definition) is 3. The Morgan fingerprint density at radius 3 is 2.43 bits per heavy atom. The predicted molar refractivity (Wildman–Crippen MR) is 96.5 cm³/mol. The predicted octanol–water partition coefficient (Wildman–Crippen LogP) is 5.37. The molecular weight excluding hydrogens is 304 g/mol. The maximum atomic E-state index is 11.4. The van der Waals surface area contributed by atoms with Gasteiger partial charge in [0.05, 0.1) is 12.7 Å². The highest BCUT2D eigenvalue weighted by Crippen LogP contribution is 2.29. The van der Waals surface area contributed by atoms with Crippen LogP contribution in [0.2, 0.25) is 0 Å². The first-order chi connectivity index (χ1) is 11.3. The first kappa shape index (κ1) is 15.3. The molecule has 0 aliphatic heterocycles. The van der Waals surface area contributed by atoms with E-state index in [9.17, 15) is 4.79 Å². The molecule has 3 heteroatoms. The zero-order chi connectivity index (χ0) is 16.1. The van der Waals surface area contributed by atoms with Gasteiger partial charge in [0.25, 0.3) is 0 Å². The second-order valence-electron chi connectivity index (χ2n) is 5.01. The SMILES string of the molecule is COC(=O)c1ccc(/C=C/c2ccccc2-c2cccs2)cc1. The van der Waals surface area contributed by atoms with Crippen LogP contribution in [0.4, 0.5) is 0 Å². The summed E-state index contributed by atoms with van der Waals surface area (Å²) >= 11 is 1.73. The Morgan fingerprint density at radius 2 is 1.74 bits per heavy atom. The summed E-state index contributed by atoms with van der Waals surface area (Å²) in [5, 5.41) is 2.08. The molecule has 0 aliphatic rings. The van der Waals surface area contributed by atoms with E-state index in [0.29, 0.717) is 5.56 Å². The van der Waals surface area contributed by atoms with E-state index in [0.717, 1.165) is 5.56 Å². The third-order valence-corrected chi connectivity index (χ3v) is 4.44. The van der Waals surface area contributed by atoms with Crippen LogP contribution < -0.4 is 0 Å². The maximum absolute atomic E-state index is 11.4. The fourth-order valence-electron chi connectivity index (χ4n) is 2.33. The van der Waals surface area contributed by atoms with Gasteiger partial charge in [-0.15, -0.1) is 11.3 Å². The zero-order valence-electron chi connectivity index (χ0n) is 12.7. The molecule has 0 saturated carbocycles. The van der Waals surface area contributed by atoms with E-state index in [2.05, 4.69) is 41.8 Å². The van der Waals surface area contributed by atoms with Gasteiger partial charge in [-0.25, -0.2) is 4.79 Å². The van der Waals surface area contributed by atoms with Crippen LogP contribution in [-0.2, 0) is 4.74 Å². The lowest BCUT2D eigenvalue weighted by Crippen LogP contribution is -2.00. The third-order valence-electron chi connectivity index (χ3n) is 3.53. The quantitative estimate of drug-likeness (QED) is 0.477. The fraction of sp³-hybridized carbons (Fsp3) is 0.0500. The lowest BCUT2D eigenvalue weighted by atomic mass is 10.0. The minimum atomic E-state index is -0.316. The van der Waals surface area contributed by atoms with Crippen LogP contribution >= 0.6 is 11.3 Å². The fourth-order valence-corrected chi connectivity index (χ4v) is 3.11. The summed E-state index contributed by atoms with van der Waals surface area (Å²) in [6.45, 7) is 0. The molecule has 0 amide bonds. The van der Waals surface area contributed by atoms with E-state index >= 15 is 0 Å². The number of rotatable bonds is 4. The van der Waals surface area contributed by atoms with Gasteiger partial charge < -0.3 is 4.74 Å². The molecule has 0 atom stereocenters. The molecule has 3 rings (SSSR count). The van der Waals surface area contributed by atoms with E-state index in [1.54, 1.807) is 23.5 Å². The molecule has 0 fully saturated rings. The van der Waals surface area contributed by atoms with E-state index in [1.807, 2.05) is 24.3 Å². The standard InChI is InChI=1S/C20H16O2S/c1-22-20(21)17-12-9-15(10-13-17)8-11-16-5-2-3-6-18(16)19-7-4-14-23-19/h2-14H,1H3/b11-8+. The van der Waals surface area contributed by atoms with Crippen LogP contribution in [-0.4, -0.2) is 13.1 Å².